The highest BCUT2D eigenvalue weighted by atomic mass is 16.6. The van der Waals surface area contributed by atoms with Gasteiger partial charge in [0.1, 0.15) is 12.6 Å². The molecule has 0 bridgehead atoms. The number of nitrogens with one attached hydrogen (secondary N) is 2. The topological polar surface area (TPSA) is 114 Å². The van der Waals surface area contributed by atoms with E-state index < -0.39 is 41.6 Å². The Bertz CT molecular complexity index is 1050. The molecule has 1 saturated heterocycles. The molecule has 8 heteroatoms. The summed E-state index contributed by atoms with van der Waals surface area (Å²) in [6.07, 6.45) is -1.19. The number of carbonyl (C=O) groups is 3. The summed E-state index contributed by atoms with van der Waals surface area (Å²) < 4.78 is 11.1. The minimum atomic E-state index is -1.13. The van der Waals surface area contributed by atoms with Crippen LogP contribution in [-0.4, -0.2) is 54.5 Å². The molecule has 34 heavy (non-hydrogen) atoms. The second kappa shape index (κ2) is 9.46. The van der Waals surface area contributed by atoms with Crippen molar-refractivity contribution in [3.8, 4) is 11.1 Å². The summed E-state index contributed by atoms with van der Waals surface area (Å²) in [4.78, 5) is 37.0. The number of benzene rings is 2. The van der Waals surface area contributed by atoms with Crippen LogP contribution in [0.3, 0.4) is 0 Å². The van der Waals surface area contributed by atoms with Crippen LogP contribution in [0.5, 0.6) is 0 Å². The molecule has 0 radical (unpaired) electrons. The first kappa shape index (κ1) is 23.8. The van der Waals surface area contributed by atoms with Crippen molar-refractivity contribution in [2.24, 2.45) is 5.41 Å². The number of amides is 2. The summed E-state index contributed by atoms with van der Waals surface area (Å²) in [7, 11) is 0. The molecule has 2 aliphatic rings. The van der Waals surface area contributed by atoms with Gasteiger partial charge in [0.15, 0.2) is 6.10 Å². The standard InChI is InChI=1S/C26H30N2O6/c1-26(2,3)22(24(30)31)28-23(29)21-20(12-13-33-21)27-25(32)34-14-19-17-10-6-4-8-15(17)16-9-5-7-11-18(16)19/h4-11,19-22H,12-14H2,1-3H3,(H,27,32)(H,28,29)(H,30,31)/t20-,21+,22-/m0/s1. The van der Waals surface area contributed by atoms with Gasteiger partial charge >= 0.3 is 12.1 Å². The lowest BCUT2D eigenvalue weighted by Crippen LogP contribution is -2.55. The Hall–Kier alpha value is -3.39. The molecule has 3 atom stereocenters. The van der Waals surface area contributed by atoms with Gasteiger partial charge in [0.2, 0.25) is 0 Å². The van der Waals surface area contributed by atoms with E-state index in [2.05, 4.69) is 22.8 Å². The summed E-state index contributed by atoms with van der Waals surface area (Å²) in [5, 5.41) is 14.8. The molecule has 2 aromatic carbocycles. The van der Waals surface area contributed by atoms with Gasteiger partial charge in [0, 0.05) is 12.5 Å². The SMILES string of the molecule is CC(C)(C)[C@@H](NC(=O)[C@@H]1OCC[C@@H]1NC(=O)OCC1c2ccccc2-c2ccccc21)C(=O)O. The average Bonchev–Trinajstić information content (AvgIpc) is 3.37. The van der Waals surface area contributed by atoms with Gasteiger partial charge in [0.25, 0.3) is 5.91 Å². The molecule has 0 unspecified atom stereocenters. The Balaban J connectivity index is 1.38. The maximum absolute atomic E-state index is 12.7. The van der Waals surface area contributed by atoms with E-state index in [4.69, 9.17) is 9.47 Å². The quantitative estimate of drug-likeness (QED) is 0.602. The average molecular weight is 467 g/mol. The molecular formula is C26H30N2O6. The molecule has 1 aliphatic carbocycles. The van der Waals surface area contributed by atoms with Crippen LogP contribution < -0.4 is 10.6 Å². The van der Waals surface area contributed by atoms with E-state index in [-0.39, 0.29) is 19.1 Å². The zero-order chi connectivity index (χ0) is 24.5. The lowest BCUT2D eigenvalue weighted by molar-refractivity contribution is -0.147. The van der Waals surface area contributed by atoms with Crippen molar-refractivity contribution in [3.05, 3.63) is 59.7 Å². The normalized spacial score (nSPS) is 20.2. The number of carbonyl (C=O) groups excluding carboxylic acids is 2. The van der Waals surface area contributed by atoms with Crippen LogP contribution in [0.25, 0.3) is 11.1 Å². The first-order valence-electron chi connectivity index (χ1n) is 11.4. The highest BCUT2D eigenvalue weighted by Gasteiger charge is 2.40. The van der Waals surface area contributed by atoms with Gasteiger partial charge in [-0.3, -0.25) is 4.79 Å². The second-order valence-electron chi connectivity index (χ2n) is 9.80. The van der Waals surface area contributed by atoms with Gasteiger partial charge in [0.05, 0.1) is 6.04 Å². The first-order valence-corrected chi connectivity index (χ1v) is 11.4. The Morgan fingerprint density at radius 1 is 1.06 bits per heavy atom. The van der Waals surface area contributed by atoms with E-state index >= 15 is 0 Å². The number of ether oxygens (including phenoxy) is 2. The minimum Gasteiger partial charge on any atom is -0.480 e. The Kier molecular flexibility index (Phi) is 6.61. The number of fused-ring (bicyclic) bond motifs is 3. The van der Waals surface area contributed by atoms with Gasteiger partial charge in [-0.25, -0.2) is 9.59 Å². The third-order valence-corrected chi connectivity index (χ3v) is 6.40. The van der Waals surface area contributed by atoms with Gasteiger partial charge < -0.3 is 25.2 Å². The number of hydrogen-bond acceptors (Lipinski definition) is 5. The van der Waals surface area contributed by atoms with E-state index in [9.17, 15) is 19.5 Å². The third kappa shape index (κ3) is 4.77. The lowest BCUT2D eigenvalue weighted by atomic mass is 9.86. The predicted octanol–water partition coefficient (Wildman–Crippen LogP) is 3.30. The zero-order valence-corrected chi connectivity index (χ0v) is 19.5. The molecule has 2 aromatic rings. The van der Waals surface area contributed by atoms with Crippen LogP contribution >= 0.6 is 0 Å². The van der Waals surface area contributed by atoms with Crippen LogP contribution in [0.2, 0.25) is 0 Å². The number of aliphatic carboxylic acids is 1. The Labute approximate surface area is 198 Å². The number of carboxylic acids is 1. The van der Waals surface area contributed by atoms with Crippen molar-refractivity contribution < 1.29 is 29.0 Å². The zero-order valence-electron chi connectivity index (χ0n) is 19.5. The molecule has 4 rings (SSSR count). The molecular weight excluding hydrogens is 436 g/mol. The van der Waals surface area contributed by atoms with Gasteiger partial charge in [-0.05, 0) is 34.1 Å². The fourth-order valence-electron chi connectivity index (χ4n) is 4.66. The monoisotopic (exact) mass is 466 g/mol. The third-order valence-electron chi connectivity index (χ3n) is 6.40. The molecule has 2 amide bonds. The van der Waals surface area contributed by atoms with Crippen molar-refractivity contribution in [2.45, 2.75) is 51.3 Å². The molecule has 1 aliphatic heterocycles. The molecule has 1 heterocycles. The fraction of sp³-hybridized carbons (Fsp3) is 0.423. The molecule has 8 nitrogen and oxygen atoms in total. The van der Waals surface area contributed by atoms with Gasteiger partial charge in [-0.15, -0.1) is 0 Å². The van der Waals surface area contributed by atoms with E-state index in [1.54, 1.807) is 20.8 Å². The summed E-state index contributed by atoms with van der Waals surface area (Å²) in [6.45, 7) is 5.63. The summed E-state index contributed by atoms with van der Waals surface area (Å²) in [5.74, 6) is -1.76. The highest BCUT2D eigenvalue weighted by Crippen LogP contribution is 2.44. The van der Waals surface area contributed by atoms with E-state index in [1.807, 2.05) is 36.4 Å². The fourth-order valence-corrected chi connectivity index (χ4v) is 4.66. The highest BCUT2D eigenvalue weighted by molar-refractivity contribution is 5.88. The Morgan fingerprint density at radius 2 is 1.65 bits per heavy atom. The maximum Gasteiger partial charge on any atom is 0.407 e. The molecule has 0 spiro atoms. The second-order valence-corrected chi connectivity index (χ2v) is 9.80. The summed E-state index contributed by atoms with van der Waals surface area (Å²) >= 11 is 0. The molecule has 3 N–H and O–H groups in total. The molecule has 1 fully saturated rings. The van der Waals surface area contributed by atoms with Crippen molar-refractivity contribution in [3.63, 3.8) is 0 Å². The summed E-state index contributed by atoms with van der Waals surface area (Å²) in [5.41, 5.74) is 3.81. The predicted molar refractivity (Wildman–Crippen MR) is 125 cm³/mol. The first-order chi connectivity index (χ1) is 16.2. The summed E-state index contributed by atoms with van der Waals surface area (Å²) in [6, 6.07) is 14.4. The number of carboxylic acid groups (broad SMARTS) is 1. The van der Waals surface area contributed by atoms with E-state index in [1.165, 1.54) is 0 Å². The smallest absolute Gasteiger partial charge is 0.407 e. The molecule has 0 aromatic heterocycles. The van der Waals surface area contributed by atoms with Gasteiger partial charge in [-0.2, -0.15) is 0 Å². The van der Waals surface area contributed by atoms with Crippen molar-refractivity contribution in [2.75, 3.05) is 13.2 Å². The maximum atomic E-state index is 12.7. The van der Waals surface area contributed by atoms with Crippen LogP contribution in [-0.2, 0) is 19.1 Å². The van der Waals surface area contributed by atoms with Crippen molar-refractivity contribution in [1.29, 1.82) is 0 Å². The molecule has 180 valence electrons. The van der Waals surface area contributed by atoms with Gasteiger partial charge in [-0.1, -0.05) is 69.3 Å². The van der Waals surface area contributed by atoms with Crippen LogP contribution in [0.15, 0.2) is 48.5 Å². The van der Waals surface area contributed by atoms with Crippen LogP contribution in [0.4, 0.5) is 4.79 Å². The number of alkyl carbamates (subject to hydrolysis) is 1. The number of rotatable bonds is 6. The van der Waals surface area contributed by atoms with Crippen LogP contribution in [0, 0.1) is 5.41 Å². The van der Waals surface area contributed by atoms with E-state index in [0.717, 1.165) is 22.3 Å². The van der Waals surface area contributed by atoms with Crippen molar-refractivity contribution in [1.82, 2.24) is 10.6 Å². The van der Waals surface area contributed by atoms with Crippen molar-refractivity contribution >= 4 is 18.0 Å². The minimum absolute atomic E-state index is 0.0693. The Morgan fingerprint density at radius 3 is 2.21 bits per heavy atom. The largest absolute Gasteiger partial charge is 0.480 e. The number of hydrogen-bond donors (Lipinski definition) is 3. The van der Waals surface area contributed by atoms with E-state index in [0.29, 0.717) is 6.42 Å². The lowest BCUT2D eigenvalue weighted by Gasteiger charge is -2.29. The van der Waals surface area contributed by atoms with Crippen LogP contribution in [0.1, 0.15) is 44.2 Å². The molecule has 0 saturated carbocycles.